The van der Waals surface area contributed by atoms with Gasteiger partial charge in [-0.2, -0.15) is 0 Å². The number of hydrogen-bond acceptors (Lipinski definition) is 2. The van der Waals surface area contributed by atoms with Crippen LogP contribution in [0.5, 0.6) is 0 Å². The molecular weight excluding hydrogens is 152 g/mol. The van der Waals surface area contributed by atoms with Gasteiger partial charge in [0.15, 0.2) is 0 Å². The molecule has 0 radical (unpaired) electrons. The SMILES string of the molecule is COC(=O)C[C@H]1CC[C@@H](C)CC1. The summed E-state index contributed by atoms with van der Waals surface area (Å²) in [5.74, 6) is 1.40. The van der Waals surface area contributed by atoms with E-state index < -0.39 is 0 Å². The van der Waals surface area contributed by atoms with Gasteiger partial charge in [-0.15, -0.1) is 0 Å². The molecule has 0 aromatic heterocycles. The molecule has 0 N–H and O–H groups in total. The Kier molecular flexibility index (Phi) is 3.57. The Labute approximate surface area is 74.3 Å². The van der Waals surface area contributed by atoms with Crippen molar-refractivity contribution in [2.45, 2.75) is 39.0 Å². The highest BCUT2D eigenvalue weighted by Crippen LogP contribution is 2.30. The molecule has 12 heavy (non-hydrogen) atoms. The van der Waals surface area contributed by atoms with E-state index >= 15 is 0 Å². The fourth-order valence-corrected chi connectivity index (χ4v) is 1.85. The van der Waals surface area contributed by atoms with E-state index in [2.05, 4.69) is 11.7 Å². The lowest BCUT2D eigenvalue weighted by molar-refractivity contribution is -0.142. The molecule has 0 saturated heterocycles. The zero-order valence-electron chi connectivity index (χ0n) is 8.01. The van der Waals surface area contributed by atoms with Gasteiger partial charge in [-0.1, -0.05) is 19.8 Å². The van der Waals surface area contributed by atoms with Crippen molar-refractivity contribution < 1.29 is 9.53 Å². The van der Waals surface area contributed by atoms with Crippen LogP contribution in [0.15, 0.2) is 0 Å². The third-order valence-corrected chi connectivity index (χ3v) is 2.82. The first-order chi connectivity index (χ1) is 5.72. The Hall–Kier alpha value is -0.530. The quantitative estimate of drug-likeness (QED) is 0.595. The van der Waals surface area contributed by atoms with Crippen LogP contribution in [0, 0.1) is 11.8 Å². The number of rotatable bonds is 2. The summed E-state index contributed by atoms with van der Waals surface area (Å²) in [4.78, 5) is 10.9. The molecule has 0 atom stereocenters. The first-order valence-electron chi connectivity index (χ1n) is 4.79. The molecule has 0 spiro atoms. The largest absolute Gasteiger partial charge is 0.469 e. The van der Waals surface area contributed by atoms with E-state index in [1.165, 1.54) is 32.8 Å². The molecule has 2 heteroatoms. The highest BCUT2D eigenvalue weighted by molar-refractivity contribution is 5.69. The van der Waals surface area contributed by atoms with E-state index in [0.717, 1.165) is 5.92 Å². The second kappa shape index (κ2) is 4.48. The van der Waals surface area contributed by atoms with Crippen molar-refractivity contribution in [2.75, 3.05) is 7.11 Å². The van der Waals surface area contributed by atoms with Gasteiger partial charge in [0, 0.05) is 6.42 Å². The predicted molar refractivity (Wildman–Crippen MR) is 47.8 cm³/mol. The normalized spacial score (nSPS) is 29.8. The topological polar surface area (TPSA) is 26.3 Å². The Morgan fingerprint density at radius 3 is 2.42 bits per heavy atom. The summed E-state index contributed by atoms with van der Waals surface area (Å²) in [5, 5.41) is 0. The summed E-state index contributed by atoms with van der Waals surface area (Å²) in [6.45, 7) is 2.29. The summed E-state index contributed by atoms with van der Waals surface area (Å²) in [5.41, 5.74) is 0. The smallest absolute Gasteiger partial charge is 0.305 e. The van der Waals surface area contributed by atoms with E-state index in [1.54, 1.807) is 0 Å². The van der Waals surface area contributed by atoms with Crippen LogP contribution in [0.2, 0.25) is 0 Å². The molecule has 0 bridgehead atoms. The monoisotopic (exact) mass is 170 g/mol. The van der Waals surface area contributed by atoms with Crippen LogP contribution in [-0.4, -0.2) is 13.1 Å². The van der Waals surface area contributed by atoms with Gasteiger partial charge in [-0.3, -0.25) is 4.79 Å². The highest BCUT2D eigenvalue weighted by Gasteiger charge is 2.20. The highest BCUT2D eigenvalue weighted by atomic mass is 16.5. The molecule has 0 unspecified atom stereocenters. The molecule has 1 rings (SSSR count). The number of carbonyl (C=O) groups is 1. The summed E-state index contributed by atoms with van der Waals surface area (Å²) in [6, 6.07) is 0. The van der Waals surface area contributed by atoms with Crippen LogP contribution in [0.25, 0.3) is 0 Å². The van der Waals surface area contributed by atoms with Gasteiger partial charge in [0.2, 0.25) is 0 Å². The zero-order valence-corrected chi connectivity index (χ0v) is 8.01. The van der Waals surface area contributed by atoms with Crippen LogP contribution >= 0.6 is 0 Å². The molecule has 1 fully saturated rings. The van der Waals surface area contributed by atoms with Crippen LogP contribution in [0.1, 0.15) is 39.0 Å². The van der Waals surface area contributed by atoms with Crippen LogP contribution < -0.4 is 0 Å². The standard InChI is InChI=1S/C10H18O2/c1-8-3-5-9(6-4-8)7-10(11)12-2/h8-9H,3-7H2,1-2H3/t8-,9+. The number of ether oxygens (including phenoxy) is 1. The van der Waals surface area contributed by atoms with Crippen LogP contribution in [-0.2, 0) is 9.53 Å². The lowest BCUT2D eigenvalue weighted by Gasteiger charge is -2.24. The maximum absolute atomic E-state index is 10.9. The van der Waals surface area contributed by atoms with Crippen molar-refractivity contribution in [3.8, 4) is 0 Å². The number of carbonyl (C=O) groups excluding carboxylic acids is 1. The summed E-state index contributed by atoms with van der Waals surface area (Å²) >= 11 is 0. The fourth-order valence-electron chi connectivity index (χ4n) is 1.85. The van der Waals surface area contributed by atoms with E-state index in [1.807, 2.05) is 0 Å². The molecule has 0 heterocycles. The second-order valence-electron chi connectivity index (χ2n) is 3.91. The first kappa shape index (κ1) is 9.56. The molecule has 70 valence electrons. The maximum Gasteiger partial charge on any atom is 0.305 e. The van der Waals surface area contributed by atoms with Gasteiger partial charge >= 0.3 is 5.97 Å². The van der Waals surface area contributed by atoms with E-state index in [-0.39, 0.29) is 5.97 Å². The molecule has 1 aliphatic rings. The second-order valence-corrected chi connectivity index (χ2v) is 3.91. The van der Waals surface area contributed by atoms with Gasteiger partial charge in [-0.25, -0.2) is 0 Å². The Bertz CT molecular complexity index is 146. The number of methoxy groups -OCH3 is 1. The zero-order chi connectivity index (χ0) is 8.97. The summed E-state index contributed by atoms with van der Waals surface area (Å²) < 4.78 is 4.64. The molecule has 2 nitrogen and oxygen atoms in total. The van der Waals surface area contributed by atoms with Gasteiger partial charge in [0.25, 0.3) is 0 Å². The Morgan fingerprint density at radius 1 is 1.33 bits per heavy atom. The van der Waals surface area contributed by atoms with Crippen molar-refractivity contribution in [1.29, 1.82) is 0 Å². The first-order valence-corrected chi connectivity index (χ1v) is 4.79. The van der Waals surface area contributed by atoms with Crippen molar-refractivity contribution in [3.63, 3.8) is 0 Å². The molecule has 0 aliphatic heterocycles. The minimum absolute atomic E-state index is 0.0467. The predicted octanol–water partition coefficient (Wildman–Crippen LogP) is 2.38. The fraction of sp³-hybridized carbons (Fsp3) is 0.900. The minimum Gasteiger partial charge on any atom is -0.469 e. The number of esters is 1. The third kappa shape index (κ3) is 2.84. The van der Waals surface area contributed by atoms with Gasteiger partial charge in [-0.05, 0) is 24.7 Å². The van der Waals surface area contributed by atoms with Gasteiger partial charge < -0.3 is 4.74 Å². The lowest BCUT2D eigenvalue weighted by atomic mass is 9.81. The minimum atomic E-state index is -0.0467. The Morgan fingerprint density at radius 2 is 1.92 bits per heavy atom. The Balaban J connectivity index is 2.21. The molecule has 0 aromatic carbocycles. The summed E-state index contributed by atoms with van der Waals surface area (Å²) in [6.07, 6.45) is 5.60. The average Bonchev–Trinajstić information content (AvgIpc) is 2.09. The van der Waals surface area contributed by atoms with Crippen molar-refractivity contribution in [3.05, 3.63) is 0 Å². The van der Waals surface area contributed by atoms with E-state index in [0.29, 0.717) is 12.3 Å². The maximum atomic E-state index is 10.9. The van der Waals surface area contributed by atoms with Crippen molar-refractivity contribution in [1.82, 2.24) is 0 Å². The van der Waals surface area contributed by atoms with E-state index in [4.69, 9.17) is 0 Å². The van der Waals surface area contributed by atoms with E-state index in [9.17, 15) is 4.79 Å². The summed E-state index contributed by atoms with van der Waals surface area (Å²) in [7, 11) is 1.47. The van der Waals surface area contributed by atoms with Crippen LogP contribution in [0.3, 0.4) is 0 Å². The van der Waals surface area contributed by atoms with Gasteiger partial charge in [0.05, 0.1) is 7.11 Å². The third-order valence-electron chi connectivity index (χ3n) is 2.82. The average molecular weight is 170 g/mol. The molecule has 0 aromatic rings. The van der Waals surface area contributed by atoms with Crippen LogP contribution in [0.4, 0.5) is 0 Å². The van der Waals surface area contributed by atoms with Crippen molar-refractivity contribution in [2.24, 2.45) is 11.8 Å². The molecule has 1 saturated carbocycles. The van der Waals surface area contributed by atoms with Crippen molar-refractivity contribution >= 4 is 5.97 Å². The van der Waals surface area contributed by atoms with Gasteiger partial charge in [0.1, 0.15) is 0 Å². The molecular formula is C10H18O2. The lowest BCUT2D eigenvalue weighted by Crippen LogP contribution is -2.16. The molecule has 1 aliphatic carbocycles. The number of hydrogen-bond donors (Lipinski definition) is 0. The molecule has 0 amide bonds.